The highest BCUT2D eigenvalue weighted by Crippen LogP contribution is 2.18. The molecule has 0 aliphatic heterocycles. The molecule has 8 heteroatoms. The second kappa shape index (κ2) is 8.09. The normalized spacial score (nSPS) is 10.6. The number of nitrogens with one attached hydrogen (secondary N) is 2. The van der Waals surface area contributed by atoms with Gasteiger partial charge in [0.2, 0.25) is 5.91 Å². The van der Waals surface area contributed by atoms with E-state index in [1.165, 1.54) is 29.2 Å². The van der Waals surface area contributed by atoms with Gasteiger partial charge in [-0.3, -0.25) is 9.59 Å². The van der Waals surface area contributed by atoms with E-state index in [1.54, 1.807) is 0 Å². The number of amides is 1. The molecule has 3 aromatic rings. The lowest BCUT2D eigenvalue weighted by Crippen LogP contribution is -2.18. The van der Waals surface area contributed by atoms with Gasteiger partial charge in [0.25, 0.3) is 5.56 Å². The highest BCUT2D eigenvalue weighted by Gasteiger charge is 2.10. The number of carbonyl (C=O) groups excluding carboxylic acids is 1. The Bertz CT molecular complexity index is 922. The van der Waals surface area contributed by atoms with Crippen LogP contribution in [0.3, 0.4) is 0 Å². The van der Waals surface area contributed by atoms with Crippen LogP contribution < -0.4 is 10.9 Å². The van der Waals surface area contributed by atoms with Crippen molar-refractivity contribution in [2.45, 2.75) is 24.3 Å². The van der Waals surface area contributed by atoms with Crippen molar-refractivity contribution in [2.75, 3.05) is 5.32 Å². The first-order valence-electron chi connectivity index (χ1n) is 7.57. The minimum atomic E-state index is -0.265. The van der Waals surface area contributed by atoms with Gasteiger partial charge in [-0.2, -0.15) is 0 Å². The number of H-pyrrole nitrogens is 1. The summed E-state index contributed by atoms with van der Waals surface area (Å²) in [5.41, 5.74) is 2.16. The predicted octanol–water partition coefficient (Wildman–Crippen LogP) is 3.01. The van der Waals surface area contributed by atoms with Crippen molar-refractivity contribution in [1.29, 1.82) is 0 Å². The molecule has 0 unspecified atom stereocenters. The fourth-order valence-electron chi connectivity index (χ4n) is 2.11. The van der Waals surface area contributed by atoms with E-state index < -0.39 is 0 Å². The fraction of sp³-hybridized carbons (Fsp3) is 0.176. The summed E-state index contributed by atoms with van der Waals surface area (Å²) in [6, 6.07) is 11.3. The Morgan fingerprint density at radius 2 is 2.08 bits per heavy atom. The molecule has 0 aliphatic carbocycles. The topological polar surface area (TPSA) is 87.7 Å². The molecular weight excluding hydrogens is 356 g/mol. The molecule has 128 valence electrons. The SMILES string of the molecule is Cc1csc(NC(=O)Cc2cc(=O)[nH]c(SCc3ccccc3)n2)n1. The number of aromatic amines is 1. The number of anilines is 1. The van der Waals surface area contributed by atoms with Gasteiger partial charge < -0.3 is 10.3 Å². The zero-order valence-corrected chi connectivity index (χ0v) is 15.1. The second-order valence-electron chi connectivity index (χ2n) is 5.34. The maximum atomic E-state index is 12.1. The first-order valence-corrected chi connectivity index (χ1v) is 9.44. The first-order chi connectivity index (χ1) is 12.1. The molecule has 0 aliphatic rings. The van der Waals surface area contributed by atoms with Crippen molar-refractivity contribution in [1.82, 2.24) is 15.0 Å². The number of carbonyl (C=O) groups is 1. The van der Waals surface area contributed by atoms with Crippen LogP contribution in [0.25, 0.3) is 0 Å². The molecule has 0 saturated carbocycles. The lowest BCUT2D eigenvalue weighted by Gasteiger charge is -2.05. The van der Waals surface area contributed by atoms with Gasteiger partial charge in [-0.25, -0.2) is 9.97 Å². The average molecular weight is 372 g/mol. The van der Waals surface area contributed by atoms with Gasteiger partial charge in [-0.1, -0.05) is 42.1 Å². The highest BCUT2D eigenvalue weighted by atomic mass is 32.2. The van der Waals surface area contributed by atoms with Gasteiger partial charge in [-0.05, 0) is 12.5 Å². The molecule has 2 heterocycles. The number of hydrogen-bond acceptors (Lipinski definition) is 6. The van der Waals surface area contributed by atoms with E-state index in [4.69, 9.17) is 0 Å². The van der Waals surface area contributed by atoms with Crippen LogP contribution in [-0.4, -0.2) is 20.9 Å². The Kier molecular flexibility index (Phi) is 5.62. The molecule has 1 amide bonds. The number of aryl methyl sites for hydroxylation is 1. The van der Waals surface area contributed by atoms with E-state index in [2.05, 4.69) is 20.3 Å². The van der Waals surface area contributed by atoms with E-state index in [-0.39, 0.29) is 17.9 Å². The summed E-state index contributed by atoms with van der Waals surface area (Å²) in [5, 5.41) is 5.63. The molecule has 0 bridgehead atoms. The lowest BCUT2D eigenvalue weighted by molar-refractivity contribution is -0.115. The van der Waals surface area contributed by atoms with Crippen LogP contribution in [-0.2, 0) is 17.0 Å². The Morgan fingerprint density at radius 3 is 2.80 bits per heavy atom. The Labute approximate surface area is 152 Å². The Morgan fingerprint density at radius 1 is 1.28 bits per heavy atom. The summed E-state index contributed by atoms with van der Waals surface area (Å²) in [4.78, 5) is 35.2. The molecule has 6 nitrogen and oxygen atoms in total. The number of benzene rings is 1. The number of thiazole rings is 1. The van der Waals surface area contributed by atoms with E-state index in [0.717, 1.165) is 11.3 Å². The van der Waals surface area contributed by atoms with Crippen LogP contribution in [0.1, 0.15) is 17.0 Å². The second-order valence-corrected chi connectivity index (χ2v) is 7.16. The van der Waals surface area contributed by atoms with Crippen LogP contribution in [0, 0.1) is 6.92 Å². The van der Waals surface area contributed by atoms with Crippen LogP contribution in [0.2, 0.25) is 0 Å². The summed E-state index contributed by atoms with van der Waals surface area (Å²) in [6.07, 6.45) is 0.0292. The summed E-state index contributed by atoms with van der Waals surface area (Å²) < 4.78 is 0. The van der Waals surface area contributed by atoms with E-state index in [9.17, 15) is 9.59 Å². The van der Waals surface area contributed by atoms with Crippen LogP contribution in [0.5, 0.6) is 0 Å². The highest BCUT2D eigenvalue weighted by molar-refractivity contribution is 7.98. The molecule has 0 spiro atoms. The van der Waals surface area contributed by atoms with Crippen LogP contribution >= 0.6 is 23.1 Å². The molecular formula is C17H16N4O2S2. The molecule has 2 aromatic heterocycles. The van der Waals surface area contributed by atoms with Gasteiger partial charge >= 0.3 is 0 Å². The summed E-state index contributed by atoms with van der Waals surface area (Å²) in [5.74, 6) is 0.448. The summed E-state index contributed by atoms with van der Waals surface area (Å²) in [7, 11) is 0. The van der Waals surface area contributed by atoms with Gasteiger partial charge in [0.1, 0.15) is 0 Å². The van der Waals surface area contributed by atoms with Crippen LogP contribution in [0.4, 0.5) is 5.13 Å². The van der Waals surface area contributed by atoms with Crippen LogP contribution in [0.15, 0.2) is 51.7 Å². The van der Waals surface area contributed by atoms with Gasteiger partial charge in [-0.15, -0.1) is 11.3 Å². The lowest BCUT2D eigenvalue weighted by atomic mass is 10.2. The van der Waals surface area contributed by atoms with Crippen molar-refractivity contribution >= 4 is 34.1 Å². The molecule has 0 radical (unpaired) electrons. The fourth-order valence-corrected chi connectivity index (χ4v) is 3.66. The minimum absolute atomic E-state index is 0.0292. The maximum Gasteiger partial charge on any atom is 0.251 e. The maximum absolute atomic E-state index is 12.1. The predicted molar refractivity (Wildman–Crippen MR) is 100 cm³/mol. The van der Waals surface area contributed by atoms with E-state index >= 15 is 0 Å². The third-order valence-electron chi connectivity index (χ3n) is 3.20. The third kappa shape index (κ3) is 5.27. The van der Waals surface area contributed by atoms with Crippen molar-refractivity contribution < 1.29 is 4.79 Å². The molecule has 0 saturated heterocycles. The molecule has 0 fully saturated rings. The zero-order chi connectivity index (χ0) is 17.6. The smallest absolute Gasteiger partial charge is 0.251 e. The number of thioether (sulfide) groups is 1. The number of rotatable bonds is 6. The monoisotopic (exact) mass is 372 g/mol. The van der Waals surface area contributed by atoms with Crippen molar-refractivity contribution in [3.8, 4) is 0 Å². The molecule has 25 heavy (non-hydrogen) atoms. The molecule has 3 rings (SSSR count). The van der Waals surface area contributed by atoms with Gasteiger partial charge in [0, 0.05) is 17.2 Å². The van der Waals surface area contributed by atoms with Crippen molar-refractivity contribution in [3.05, 3.63) is 69.1 Å². The molecule has 1 aromatic carbocycles. The number of nitrogens with zero attached hydrogens (tertiary/aromatic N) is 2. The first kappa shape index (κ1) is 17.4. The van der Waals surface area contributed by atoms with E-state index in [1.807, 2.05) is 42.6 Å². The van der Waals surface area contributed by atoms with E-state index in [0.29, 0.717) is 21.7 Å². The average Bonchev–Trinajstić information content (AvgIpc) is 2.98. The number of hydrogen-bond donors (Lipinski definition) is 2. The van der Waals surface area contributed by atoms with Gasteiger partial charge in [0.15, 0.2) is 10.3 Å². The molecule has 2 N–H and O–H groups in total. The minimum Gasteiger partial charge on any atom is -0.302 e. The van der Waals surface area contributed by atoms with Crippen molar-refractivity contribution in [3.63, 3.8) is 0 Å². The molecule has 0 atom stereocenters. The largest absolute Gasteiger partial charge is 0.302 e. The zero-order valence-electron chi connectivity index (χ0n) is 13.5. The Balaban J connectivity index is 1.64. The number of aromatic nitrogens is 3. The summed E-state index contributed by atoms with van der Waals surface area (Å²) >= 11 is 2.79. The third-order valence-corrected chi connectivity index (χ3v) is 5.02. The Hall–Kier alpha value is -2.45. The van der Waals surface area contributed by atoms with Gasteiger partial charge in [0.05, 0.1) is 17.8 Å². The summed E-state index contributed by atoms with van der Waals surface area (Å²) in [6.45, 7) is 1.86. The quantitative estimate of drug-likeness (QED) is 0.513. The van der Waals surface area contributed by atoms with Crippen molar-refractivity contribution in [2.24, 2.45) is 0 Å². The standard InChI is InChI=1S/C17H16N4O2S2/c1-11-9-24-16(18-11)20-14(22)7-13-8-15(23)21-17(19-13)25-10-12-5-3-2-4-6-12/h2-6,8-9H,7,10H2,1H3,(H,18,20,22)(H,19,21,23).